The highest BCUT2D eigenvalue weighted by Crippen LogP contribution is 2.11. The summed E-state index contributed by atoms with van der Waals surface area (Å²) >= 11 is 0. The molecule has 2 N–H and O–H groups in total. The summed E-state index contributed by atoms with van der Waals surface area (Å²) in [6.07, 6.45) is 0. The van der Waals surface area contributed by atoms with Crippen molar-refractivity contribution in [2.24, 2.45) is 5.73 Å². The summed E-state index contributed by atoms with van der Waals surface area (Å²) in [7, 11) is 0. The molecule has 2 aromatic rings. The Hall–Kier alpha value is -1.55. The summed E-state index contributed by atoms with van der Waals surface area (Å²) in [6.45, 7) is 3.72. The van der Waals surface area contributed by atoms with Crippen LogP contribution in [0, 0.1) is 0 Å². The average molecular weight is 205 g/mol. The minimum Gasteiger partial charge on any atom is -0.329 e. The van der Waals surface area contributed by atoms with E-state index in [0.29, 0.717) is 19.6 Å². The number of para-hydroxylation sites is 2. The molecule has 4 heteroatoms. The zero-order valence-electron chi connectivity index (χ0n) is 8.81. The second-order valence-corrected chi connectivity index (χ2v) is 3.46. The molecule has 0 aliphatic rings. The van der Waals surface area contributed by atoms with Crippen LogP contribution in [0.15, 0.2) is 29.1 Å². The van der Waals surface area contributed by atoms with Crippen molar-refractivity contribution in [3.63, 3.8) is 0 Å². The number of hydrogen-bond donors (Lipinski definition) is 1. The van der Waals surface area contributed by atoms with Crippen molar-refractivity contribution in [2.45, 2.75) is 20.0 Å². The van der Waals surface area contributed by atoms with E-state index >= 15 is 0 Å². The molecule has 15 heavy (non-hydrogen) atoms. The normalized spacial score (nSPS) is 11.1. The Morgan fingerprint density at radius 1 is 1.20 bits per heavy atom. The molecular formula is C11H15N3O. The van der Waals surface area contributed by atoms with Gasteiger partial charge in [-0.1, -0.05) is 12.1 Å². The Morgan fingerprint density at radius 2 is 1.80 bits per heavy atom. The van der Waals surface area contributed by atoms with Crippen LogP contribution in [0.25, 0.3) is 11.0 Å². The molecule has 1 aromatic carbocycles. The van der Waals surface area contributed by atoms with Crippen LogP contribution in [-0.4, -0.2) is 15.7 Å². The van der Waals surface area contributed by atoms with Crippen molar-refractivity contribution in [1.29, 1.82) is 0 Å². The number of aromatic nitrogens is 2. The van der Waals surface area contributed by atoms with Crippen molar-refractivity contribution in [2.75, 3.05) is 6.54 Å². The van der Waals surface area contributed by atoms with Crippen molar-refractivity contribution < 1.29 is 0 Å². The third kappa shape index (κ3) is 1.47. The monoisotopic (exact) mass is 205 g/mol. The number of hydrogen-bond acceptors (Lipinski definition) is 2. The number of nitrogens with zero attached hydrogens (tertiary/aromatic N) is 2. The lowest BCUT2D eigenvalue weighted by atomic mass is 10.3. The lowest BCUT2D eigenvalue weighted by molar-refractivity contribution is 0.648. The van der Waals surface area contributed by atoms with Crippen LogP contribution >= 0.6 is 0 Å². The standard InChI is InChI=1S/C11H15N3O/c1-2-13-9-5-3-4-6-10(9)14(8-7-12)11(13)15/h3-6H,2,7-8,12H2,1H3. The Labute approximate surface area is 87.9 Å². The van der Waals surface area contributed by atoms with Crippen LogP contribution in [0.3, 0.4) is 0 Å². The lowest BCUT2D eigenvalue weighted by Gasteiger charge is -1.98. The Morgan fingerprint density at radius 3 is 2.33 bits per heavy atom. The molecule has 1 heterocycles. The van der Waals surface area contributed by atoms with Gasteiger partial charge in [-0.15, -0.1) is 0 Å². The van der Waals surface area contributed by atoms with Gasteiger partial charge in [-0.3, -0.25) is 9.13 Å². The van der Waals surface area contributed by atoms with Gasteiger partial charge >= 0.3 is 5.69 Å². The van der Waals surface area contributed by atoms with Gasteiger partial charge in [-0.05, 0) is 19.1 Å². The highest BCUT2D eigenvalue weighted by molar-refractivity contribution is 5.75. The molecular weight excluding hydrogens is 190 g/mol. The lowest BCUT2D eigenvalue weighted by Crippen LogP contribution is -2.26. The zero-order valence-corrected chi connectivity index (χ0v) is 8.81. The Kier molecular flexibility index (Phi) is 2.60. The van der Waals surface area contributed by atoms with Crippen LogP contribution in [0.4, 0.5) is 0 Å². The van der Waals surface area contributed by atoms with Gasteiger partial charge in [0, 0.05) is 19.6 Å². The number of nitrogens with two attached hydrogens (primary N) is 1. The average Bonchev–Trinajstić information content (AvgIpc) is 2.53. The molecule has 0 unspecified atom stereocenters. The molecule has 0 radical (unpaired) electrons. The number of aryl methyl sites for hydroxylation is 1. The van der Waals surface area contributed by atoms with Gasteiger partial charge in [-0.25, -0.2) is 4.79 Å². The maximum absolute atomic E-state index is 12.0. The molecule has 0 aliphatic heterocycles. The first-order valence-corrected chi connectivity index (χ1v) is 5.17. The predicted molar refractivity (Wildman–Crippen MR) is 60.9 cm³/mol. The molecule has 0 saturated heterocycles. The van der Waals surface area contributed by atoms with E-state index in [9.17, 15) is 4.79 Å². The van der Waals surface area contributed by atoms with Crippen molar-refractivity contribution in [1.82, 2.24) is 9.13 Å². The third-order valence-electron chi connectivity index (χ3n) is 2.59. The largest absolute Gasteiger partial charge is 0.329 e. The summed E-state index contributed by atoms with van der Waals surface area (Å²) in [4.78, 5) is 12.0. The highest BCUT2D eigenvalue weighted by atomic mass is 16.1. The summed E-state index contributed by atoms with van der Waals surface area (Å²) in [5.74, 6) is 0. The van der Waals surface area contributed by atoms with Crippen LogP contribution < -0.4 is 11.4 Å². The molecule has 2 rings (SSSR count). The second-order valence-electron chi connectivity index (χ2n) is 3.46. The van der Waals surface area contributed by atoms with E-state index in [2.05, 4.69) is 0 Å². The number of imidazole rings is 1. The van der Waals surface area contributed by atoms with E-state index in [1.165, 1.54) is 0 Å². The maximum atomic E-state index is 12.0. The third-order valence-corrected chi connectivity index (χ3v) is 2.59. The van der Waals surface area contributed by atoms with E-state index in [0.717, 1.165) is 11.0 Å². The number of fused-ring (bicyclic) bond motifs is 1. The van der Waals surface area contributed by atoms with Crippen molar-refractivity contribution >= 4 is 11.0 Å². The predicted octanol–water partition coefficient (Wildman–Crippen LogP) is 0.782. The van der Waals surface area contributed by atoms with E-state index in [1.54, 1.807) is 9.13 Å². The molecule has 0 aliphatic carbocycles. The SMILES string of the molecule is CCn1c(=O)n(CCN)c2ccccc21. The first kappa shape index (κ1) is 9.98. The van der Waals surface area contributed by atoms with Crippen LogP contribution in [-0.2, 0) is 13.1 Å². The van der Waals surface area contributed by atoms with Crippen LogP contribution in [0.1, 0.15) is 6.92 Å². The molecule has 0 spiro atoms. The molecule has 0 saturated carbocycles. The fourth-order valence-electron chi connectivity index (χ4n) is 1.92. The van der Waals surface area contributed by atoms with E-state index in [-0.39, 0.29) is 5.69 Å². The molecule has 0 atom stereocenters. The van der Waals surface area contributed by atoms with Crippen LogP contribution in [0.2, 0.25) is 0 Å². The Balaban J connectivity index is 2.79. The van der Waals surface area contributed by atoms with E-state index in [1.807, 2.05) is 31.2 Å². The smallest absolute Gasteiger partial charge is 0.329 e. The summed E-state index contributed by atoms with van der Waals surface area (Å²) in [6, 6.07) is 7.81. The van der Waals surface area contributed by atoms with Gasteiger partial charge in [0.2, 0.25) is 0 Å². The first-order chi connectivity index (χ1) is 7.29. The highest BCUT2D eigenvalue weighted by Gasteiger charge is 2.09. The van der Waals surface area contributed by atoms with E-state index in [4.69, 9.17) is 5.73 Å². The minimum absolute atomic E-state index is 0.0316. The fourth-order valence-corrected chi connectivity index (χ4v) is 1.92. The molecule has 0 bridgehead atoms. The number of rotatable bonds is 3. The van der Waals surface area contributed by atoms with Crippen LogP contribution in [0.5, 0.6) is 0 Å². The fraction of sp³-hybridized carbons (Fsp3) is 0.364. The molecule has 4 nitrogen and oxygen atoms in total. The second kappa shape index (κ2) is 3.90. The first-order valence-electron chi connectivity index (χ1n) is 5.17. The molecule has 1 aromatic heterocycles. The quantitative estimate of drug-likeness (QED) is 0.805. The Bertz CT molecular complexity index is 524. The van der Waals surface area contributed by atoms with Gasteiger partial charge in [-0.2, -0.15) is 0 Å². The van der Waals surface area contributed by atoms with Gasteiger partial charge in [0.1, 0.15) is 0 Å². The van der Waals surface area contributed by atoms with Gasteiger partial charge < -0.3 is 5.73 Å². The topological polar surface area (TPSA) is 53.0 Å². The molecule has 0 amide bonds. The van der Waals surface area contributed by atoms with E-state index < -0.39 is 0 Å². The summed E-state index contributed by atoms with van der Waals surface area (Å²) < 4.78 is 3.50. The summed E-state index contributed by atoms with van der Waals surface area (Å²) in [5, 5.41) is 0. The zero-order chi connectivity index (χ0) is 10.8. The minimum atomic E-state index is 0.0316. The maximum Gasteiger partial charge on any atom is 0.329 e. The van der Waals surface area contributed by atoms with Crippen molar-refractivity contribution in [3.8, 4) is 0 Å². The number of benzene rings is 1. The van der Waals surface area contributed by atoms with Gasteiger partial charge in [0.05, 0.1) is 11.0 Å². The van der Waals surface area contributed by atoms with Gasteiger partial charge in [0.25, 0.3) is 0 Å². The van der Waals surface area contributed by atoms with Gasteiger partial charge in [0.15, 0.2) is 0 Å². The molecule has 0 fully saturated rings. The van der Waals surface area contributed by atoms with Crippen molar-refractivity contribution in [3.05, 3.63) is 34.7 Å². The summed E-state index contributed by atoms with van der Waals surface area (Å²) in [5.41, 5.74) is 7.49. The molecule has 80 valence electrons.